The molecule has 0 spiro atoms. The van der Waals surface area contributed by atoms with Gasteiger partial charge in [-0.05, 0) is 158 Å². The number of nitrogens with zero attached hydrogens (tertiary/aromatic N) is 12. The van der Waals surface area contributed by atoms with Crippen LogP contribution in [0.4, 0.5) is 69.8 Å². The van der Waals surface area contributed by atoms with E-state index in [1.54, 1.807) is 90.1 Å². The van der Waals surface area contributed by atoms with Gasteiger partial charge in [0.15, 0.2) is 0 Å². The Balaban J connectivity index is 0.000000164. The first-order chi connectivity index (χ1) is 60.3. The second kappa shape index (κ2) is 44.5. The number of rotatable bonds is 18. The van der Waals surface area contributed by atoms with Crippen molar-refractivity contribution in [3.05, 3.63) is 458 Å². The largest absolute Gasteiger partial charge is 2.00 e. The molecule has 0 fully saturated rings. The number of benzene rings is 8. The third-order valence-electron chi connectivity index (χ3n) is 19.6. The van der Waals surface area contributed by atoms with Crippen LogP contribution in [-0.2, 0) is 95.1 Å². The van der Waals surface area contributed by atoms with E-state index in [0.29, 0.717) is 40.1 Å². The summed E-state index contributed by atoms with van der Waals surface area (Å²) in [6, 6.07) is 111. The summed E-state index contributed by atoms with van der Waals surface area (Å²) < 4.78 is 110. The normalized spacial score (nSPS) is 10.7. The molecule has 18 rings (SSSR count). The second-order valence-corrected chi connectivity index (χ2v) is 28.8. The molecule has 0 saturated carbocycles. The number of para-hydroxylation sites is 2. The van der Waals surface area contributed by atoms with Crippen LogP contribution in [0.25, 0.3) is 90.1 Å². The van der Waals surface area contributed by atoms with Crippen molar-refractivity contribution in [1.29, 1.82) is 0 Å². The molecule has 0 amide bonds. The molecule has 10 heterocycles. The van der Waals surface area contributed by atoms with Crippen LogP contribution < -0.4 is 9.80 Å². The number of hydrogen-bond donors (Lipinski definition) is 0. The fourth-order valence-corrected chi connectivity index (χ4v) is 13.3. The van der Waals surface area contributed by atoms with Gasteiger partial charge in [-0.3, -0.25) is 64.9 Å². The van der Waals surface area contributed by atoms with E-state index in [-0.39, 0.29) is 123 Å². The Morgan fingerprint density at radius 2 is 0.492 bits per heavy atom. The van der Waals surface area contributed by atoms with Gasteiger partial charge in [0.1, 0.15) is 23.3 Å². The maximum absolute atomic E-state index is 14.4. The minimum Gasteiger partial charge on any atom is -0.360 e. The van der Waals surface area contributed by atoms with E-state index in [4.69, 9.17) is 19.9 Å². The summed E-state index contributed by atoms with van der Waals surface area (Å²) in [4.78, 5) is 49.8. The Bertz CT molecular complexity index is 6370. The summed E-state index contributed by atoms with van der Waals surface area (Å²) in [5.41, 5.74) is 12.0. The molecule has 0 aliphatic carbocycles. The summed E-state index contributed by atoms with van der Waals surface area (Å²) in [5, 5.41) is 0. The number of pyridine rings is 10. The van der Waals surface area contributed by atoms with Gasteiger partial charge in [-0.2, -0.15) is 0 Å². The van der Waals surface area contributed by atoms with Crippen molar-refractivity contribution in [2.75, 3.05) is 9.80 Å². The zero-order chi connectivity index (χ0) is 86.1. The van der Waals surface area contributed by atoms with Crippen LogP contribution in [0.2, 0.25) is 0 Å². The van der Waals surface area contributed by atoms with Crippen LogP contribution in [-0.4, -0.2) is 49.8 Å². The Morgan fingerprint density at radius 1 is 0.242 bits per heavy atom. The standard InChI is InChI=1S/C28H15F4N3.C28H19N3.C25H16F4N2.C23H18N4.4Pt/c29-18-12-14-21(23(31)16-18)25-8-4-10-27(33-25)35(20-6-2-1-3-7-20)28-11-5-9-26(34-28)22-15-13-19(30)17-24(22)32;1-4-12-22(13-5-1)25-18-10-20-27(29-25)31(24-16-8-3-9-17-24)28-21-11-19-26(30-28)23-14-6-2-7-15-23;1-25(2,23-7-3-5-21(30-23)17-11-9-15(26)13-19(17)28)24-8-4-6-22(31-24)18-12-10-16(27)14-20(18)29;1-23(2,21-11-3-9-19(26-21)17-7-5-13-24-15-17)22-12-4-10-20(27-22)18-8-6-14-25-16-18;;;;/h1-13,16-17H;1-12,14,16-21H;3-10,13-14H,1-2H3;3-14H,1-2H3;;;;/q4*-2;4*+2. The van der Waals surface area contributed by atoms with Gasteiger partial charge >= 0.3 is 84.3 Å². The SMILES string of the molecule is CC(C)(c1cccc(-c2[c-]cc(F)cc2F)n1)c1cccc(-c2[c-]cc(F)cc2F)n1.CC(C)(c1cccc(-c2[c-]nccc2)n1)c1cccc(-c2[c-]nccc2)n1.Fc1c[c-]c(-c2cccc(N(c3ccccc3)c3cccc(-c4[c-]cc(F)cc4F)n3)n2)c(F)c1.[Pt+2].[Pt+2].[Pt+2].[Pt+2].[c-]1ccccc1-c1cccc(N(c2ccccc2)c2cccc(-c3[c-]cccc3)n2)n1. The van der Waals surface area contributed by atoms with Gasteiger partial charge < -0.3 is 29.9 Å². The maximum Gasteiger partial charge on any atom is 2.00 e. The predicted molar refractivity (Wildman–Crippen MR) is 464 cm³/mol. The molecule has 128 heavy (non-hydrogen) atoms. The summed E-state index contributed by atoms with van der Waals surface area (Å²) in [5.74, 6) is -3.64. The van der Waals surface area contributed by atoms with Gasteiger partial charge in [0.25, 0.3) is 0 Å². The number of anilines is 6. The van der Waals surface area contributed by atoms with Gasteiger partial charge in [-0.25, -0.2) is 0 Å². The van der Waals surface area contributed by atoms with Gasteiger partial charge in [0, 0.05) is 91.5 Å². The Morgan fingerprint density at radius 3 is 0.766 bits per heavy atom. The molecule has 640 valence electrons. The fraction of sp³-hybridized carbons (Fsp3) is 0.0577. The molecular weight excluding hydrogens is 2350 g/mol. The van der Waals surface area contributed by atoms with Gasteiger partial charge in [-0.15, -0.1) is 156 Å². The average molecular weight is 2420 g/mol. The quantitative estimate of drug-likeness (QED) is 0.0598. The molecule has 24 heteroatoms. The van der Waals surface area contributed by atoms with E-state index in [2.05, 4.69) is 110 Å². The zero-order valence-electron chi connectivity index (χ0n) is 68.0. The molecule has 0 aliphatic rings. The molecule has 10 aromatic heterocycles. The molecule has 18 aromatic rings. The molecule has 12 nitrogen and oxygen atoms in total. The first-order valence-corrected chi connectivity index (χ1v) is 38.9. The molecule has 0 saturated heterocycles. The van der Waals surface area contributed by atoms with E-state index < -0.39 is 52.0 Å². The van der Waals surface area contributed by atoms with Crippen LogP contribution >= 0.6 is 0 Å². The van der Waals surface area contributed by atoms with Crippen molar-refractivity contribution in [2.24, 2.45) is 0 Å². The third kappa shape index (κ3) is 23.3. The number of aromatic nitrogens is 10. The van der Waals surface area contributed by atoms with Crippen molar-refractivity contribution in [3.63, 3.8) is 0 Å². The van der Waals surface area contributed by atoms with Gasteiger partial charge in [-0.1, -0.05) is 192 Å². The van der Waals surface area contributed by atoms with E-state index in [0.717, 1.165) is 122 Å². The predicted octanol–water partition coefficient (Wildman–Crippen LogP) is 25.1. The topological polar surface area (TPSA) is 135 Å². The third-order valence-corrected chi connectivity index (χ3v) is 19.6. The van der Waals surface area contributed by atoms with Crippen molar-refractivity contribution in [3.8, 4) is 90.1 Å². The van der Waals surface area contributed by atoms with Crippen LogP contribution in [0.15, 0.2) is 340 Å². The monoisotopic (exact) mass is 2420 g/mol. The van der Waals surface area contributed by atoms with Crippen molar-refractivity contribution in [2.45, 2.75) is 38.5 Å². The summed E-state index contributed by atoms with van der Waals surface area (Å²) in [6.07, 6.45) is 9.41. The first kappa shape index (κ1) is 95.7. The van der Waals surface area contributed by atoms with Crippen LogP contribution in [0.1, 0.15) is 50.5 Å². The van der Waals surface area contributed by atoms with Crippen molar-refractivity contribution < 1.29 is 119 Å². The average Bonchev–Trinajstić information content (AvgIpc) is 0.765. The maximum atomic E-state index is 14.4. The summed E-state index contributed by atoms with van der Waals surface area (Å²) >= 11 is 0. The van der Waals surface area contributed by atoms with Gasteiger partial charge in [0.05, 0.1) is 0 Å². The number of halogens is 8. The molecular formula is C104H68F8N12Pt4. The van der Waals surface area contributed by atoms with Crippen molar-refractivity contribution >= 4 is 34.6 Å². The molecule has 0 N–H and O–H groups in total. The Kier molecular flexibility index (Phi) is 33.2. The summed E-state index contributed by atoms with van der Waals surface area (Å²) in [6.45, 7) is 8.01. The smallest absolute Gasteiger partial charge is 0.360 e. The van der Waals surface area contributed by atoms with E-state index in [9.17, 15) is 35.1 Å². The minimum atomic E-state index is -0.789. The minimum absolute atomic E-state index is 0. The number of hydrogen-bond acceptors (Lipinski definition) is 12. The molecule has 0 unspecified atom stereocenters. The van der Waals surface area contributed by atoms with E-state index >= 15 is 0 Å². The van der Waals surface area contributed by atoms with Crippen LogP contribution in [0.3, 0.4) is 0 Å². The molecule has 0 bridgehead atoms. The van der Waals surface area contributed by atoms with E-state index in [1.165, 1.54) is 0 Å². The fourth-order valence-electron chi connectivity index (χ4n) is 13.3. The van der Waals surface area contributed by atoms with Crippen LogP contribution in [0, 0.1) is 95.3 Å². The first-order valence-electron chi connectivity index (χ1n) is 38.9. The second-order valence-electron chi connectivity index (χ2n) is 28.8. The van der Waals surface area contributed by atoms with E-state index in [1.807, 2.05) is 208 Å². The molecule has 8 aromatic carbocycles. The Hall–Kier alpha value is -12.9. The molecule has 0 aliphatic heterocycles. The van der Waals surface area contributed by atoms with Gasteiger partial charge in [0.2, 0.25) is 0 Å². The van der Waals surface area contributed by atoms with Crippen molar-refractivity contribution in [1.82, 2.24) is 49.8 Å². The zero-order valence-corrected chi connectivity index (χ0v) is 77.1. The van der Waals surface area contributed by atoms with Crippen LogP contribution in [0.5, 0.6) is 0 Å². The molecule has 0 atom stereocenters. The Labute approximate surface area is 793 Å². The summed E-state index contributed by atoms with van der Waals surface area (Å²) in [7, 11) is 0. The molecule has 0 radical (unpaired) electrons.